The van der Waals surface area contributed by atoms with E-state index >= 15 is 0 Å². The molecule has 0 saturated carbocycles. The van der Waals surface area contributed by atoms with Crippen molar-refractivity contribution in [2.24, 2.45) is 0 Å². The average Bonchev–Trinajstić information content (AvgIpc) is 3.04. The molecule has 6 nitrogen and oxygen atoms in total. The fraction of sp³-hybridized carbons (Fsp3) is 0.176. The van der Waals surface area contributed by atoms with Gasteiger partial charge < -0.3 is 9.50 Å². The van der Waals surface area contributed by atoms with Gasteiger partial charge in [-0.05, 0) is 30.7 Å². The zero-order valence-electron chi connectivity index (χ0n) is 13.4. The van der Waals surface area contributed by atoms with E-state index in [2.05, 4.69) is 10.3 Å². The van der Waals surface area contributed by atoms with Crippen molar-refractivity contribution in [2.75, 3.05) is 6.54 Å². The summed E-state index contributed by atoms with van der Waals surface area (Å²) in [7, 11) is -3.93. The van der Waals surface area contributed by atoms with E-state index in [4.69, 9.17) is 4.18 Å². The standard InChI is InChI=1S/C17H16N2O4S2/c1-12(20)18-11-9-14-7-8-16(24-14)25(21,22)23-15-6-2-4-13-5-3-10-19-17(13)15/h2-8,10H,9,11H2,1H3,(H,18,20). The van der Waals surface area contributed by atoms with Crippen molar-refractivity contribution >= 4 is 38.3 Å². The lowest BCUT2D eigenvalue weighted by Gasteiger charge is -2.07. The summed E-state index contributed by atoms with van der Waals surface area (Å²) in [6.45, 7) is 1.90. The summed E-state index contributed by atoms with van der Waals surface area (Å²) in [4.78, 5) is 15.9. The van der Waals surface area contributed by atoms with Gasteiger partial charge in [0.25, 0.3) is 0 Å². The average molecular weight is 376 g/mol. The Morgan fingerprint density at radius 2 is 2.00 bits per heavy atom. The zero-order chi connectivity index (χ0) is 17.9. The number of pyridine rings is 1. The third kappa shape index (κ3) is 4.15. The number of carbonyl (C=O) groups is 1. The summed E-state index contributed by atoms with van der Waals surface area (Å²) in [6, 6.07) is 12.0. The predicted octanol–water partition coefficient (Wildman–Crippen LogP) is 2.74. The van der Waals surface area contributed by atoms with Gasteiger partial charge in [0, 0.05) is 29.9 Å². The molecular formula is C17H16N2O4S2. The van der Waals surface area contributed by atoms with E-state index in [1.807, 2.05) is 12.1 Å². The van der Waals surface area contributed by atoms with E-state index in [1.165, 1.54) is 13.0 Å². The summed E-state index contributed by atoms with van der Waals surface area (Å²) in [5.41, 5.74) is 0.496. The van der Waals surface area contributed by atoms with Gasteiger partial charge in [0.2, 0.25) is 5.91 Å². The summed E-state index contributed by atoms with van der Waals surface area (Å²) >= 11 is 1.13. The molecule has 0 fully saturated rings. The molecule has 25 heavy (non-hydrogen) atoms. The lowest BCUT2D eigenvalue weighted by molar-refractivity contribution is -0.118. The number of thiophene rings is 1. The Morgan fingerprint density at radius 3 is 2.80 bits per heavy atom. The van der Waals surface area contributed by atoms with Crippen LogP contribution in [0.3, 0.4) is 0 Å². The third-order valence-electron chi connectivity index (χ3n) is 3.42. The maximum Gasteiger partial charge on any atom is 0.348 e. The predicted molar refractivity (Wildman–Crippen MR) is 96.3 cm³/mol. The second-order valence-corrected chi connectivity index (χ2v) is 8.26. The molecule has 0 unspecified atom stereocenters. The number of aromatic nitrogens is 1. The van der Waals surface area contributed by atoms with Gasteiger partial charge in [-0.1, -0.05) is 18.2 Å². The van der Waals surface area contributed by atoms with Crippen molar-refractivity contribution in [2.45, 2.75) is 17.6 Å². The Labute approximate surface area is 149 Å². The second-order valence-electron chi connectivity index (χ2n) is 5.32. The van der Waals surface area contributed by atoms with Gasteiger partial charge in [-0.2, -0.15) is 8.42 Å². The highest BCUT2D eigenvalue weighted by Crippen LogP contribution is 2.29. The van der Waals surface area contributed by atoms with Crippen LogP contribution in [0, 0.1) is 0 Å². The Balaban J connectivity index is 1.80. The van der Waals surface area contributed by atoms with Gasteiger partial charge in [0.1, 0.15) is 5.52 Å². The molecule has 0 aliphatic heterocycles. The van der Waals surface area contributed by atoms with E-state index in [1.54, 1.807) is 30.5 Å². The number of nitrogens with zero attached hydrogens (tertiary/aromatic N) is 1. The Bertz CT molecular complexity index is 1010. The number of fused-ring (bicyclic) bond motifs is 1. The number of rotatable bonds is 6. The third-order valence-corrected chi connectivity index (χ3v) is 6.25. The number of carbonyl (C=O) groups excluding carboxylic acids is 1. The van der Waals surface area contributed by atoms with E-state index in [0.717, 1.165) is 21.6 Å². The van der Waals surface area contributed by atoms with Gasteiger partial charge in [0.15, 0.2) is 9.96 Å². The van der Waals surface area contributed by atoms with Gasteiger partial charge in [-0.25, -0.2) is 0 Å². The summed E-state index contributed by atoms with van der Waals surface area (Å²) in [6.07, 6.45) is 2.16. The van der Waals surface area contributed by atoms with Crippen LogP contribution in [0.4, 0.5) is 0 Å². The second kappa shape index (κ2) is 7.20. The summed E-state index contributed by atoms with van der Waals surface area (Å²) < 4.78 is 30.5. The first kappa shape index (κ1) is 17.4. The molecule has 2 aromatic heterocycles. The van der Waals surface area contributed by atoms with Crippen LogP contribution in [-0.2, 0) is 21.3 Å². The van der Waals surface area contributed by atoms with Crippen molar-refractivity contribution in [3.05, 3.63) is 53.5 Å². The highest BCUT2D eigenvalue weighted by Gasteiger charge is 2.20. The van der Waals surface area contributed by atoms with Crippen LogP contribution in [0.5, 0.6) is 5.75 Å². The summed E-state index contributed by atoms with van der Waals surface area (Å²) in [5, 5.41) is 3.48. The first-order valence-electron chi connectivity index (χ1n) is 7.57. The smallest absolute Gasteiger partial charge is 0.348 e. The fourth-order valence-corrected chi connectivity index (χ4v) is 4.55. The first-order chi connectivity index (χ1) is 12.0. The van der Waals surface area contributed by atoms with E-state index in [9.17, 15) is 13.2 Å². The van der Waals surface area contributed by atoms with Crippen LogP contribution in [0.1, 0.15) is 11.8 Å². The van der Waals surface area contributed by atoms with E-state index in [0.29, 0.717) is 18.5 Å². The lowest BCUT2D eigenvalue weighted by Crippen LogP contribution is -2.22. The maximum atomic E-state index is 12.5. The SMILES string of the molecule is CC(=O)NCCc1ccc(S(=O)(=O)Oc2cccc3cccnc23)s1. The number of para-hydroxylation sites is 1. The topological polar surface area (TPSA) is 85.4 Å². The van der Waals surface area contributed by atoms with Gasteiger partial charge in [-0.3, -0.25) is 9.78 Å². The molecule has 0 aliphatic rings. The Kier molecular flexibility index (Phi) is 5.00. The van der Waals surface area contributed by atoms with Crippen molar-refractivity contribution in [3.63, 3.8) is 0 Å². The van der Waals surface area contributed by atoms with Crippen molar-refractivity contribution in [1.29, 1.82) is 0 Å². The molecule has 1 amide bonds. The molecule has 0 spiro atoms. The van der Waals surface area contributed by atoms with Crippen LogP contribution in [0.15, 0.2) is 52.9 Å². The van der Waals surface area contributed by atoms with Crippen molar-refractivity contribution in [3.8, 4) is 5.75 Å². The van der Waals surface area contributed by atoms with E-state index in [-0.39, 0.29) is 15.9 Å². The van der Waals surface area contributed by atoms with Crippen molar-refractivity contribution in [1.82, 2.24) is 10.3 Å². The zero-order valence-corrected chi connectivity index (χ0v) is 15.1. The molecule has 1 aromatic carbocycles. The summed E-state index contributed by atoms with van der Waals surface area (Å²) in [5.74, 6) is 0.0856. The monoisotopic (exact) mass is 376 g/mol. The molecule has 3 aromatic rings. The molecule has 3 rings (SSSR count). The van der Waals surface area contributed by atoms with Crippen molar-refractivity contribution < 1.29 is 17.4 Å². The molecule has 0 aliphatic carbocycles. The number of benzene rings is 1. The van der Waals surface area contributed by atoms with E-state index < -0.39 is 10.1 Å². The lowest BCUT2D eigenvalue weighted by atomic mass is 10.2. The minimum Gasteiger partial charge on any atom is -0.376 e. The van der Waals surface area contributed by atoms with Gasteiger partial charge in [-0.15, -0.1) is 11.3 Å². The molecule has 0 radical (unpaired) electrons. The van der Waals surface area contributed by atoms with Crippen LogP contribution < -0.4 is 9.50 Å². The van der Waals surface area contributed by atoms with Crippen LogP contribution >= 0.6 is 11.3 Å². The number of amides is 1. The molecule has 130 valence electrons. The largest absolute Gasteiger partial charge is 0.376 e. The number of nitrogens with one attached hydrogen (secondary N) is 1. The van der Waals surface area contributed by atoms with Gasteiger partial charge in [0.05, 0.1) is 0 Å². The molecule has 0 bridgehead atoms. The first-order valence-corrected chi connectivity index (χ1v) is 9.79. The Morgan fingerprint density at radius 1 is 1.20 bits per heavy atom. The molecule has 0 saturated heterocycles. The van der Waals surface area contributed by atoms with Crippen LogP contribution in [0.25, 0.3) is 10.9 Å². The molecule has 1 N–H and O–H groups in total. The minimum atomic E-state index is -3.93. The van der Waals surface area contributed by atoms with Crippen LogP contribution in [0.2, 0.25) is 0 Å². The fourth-order valence-electron chi connectivity index (χ4n) is 2.29. The minimum absolute atomic E-state index is 0.115. The normalized spacial score (nSPS) is 11.4. The molecule has 2 heterocycles. The molecule has 8 heteroatoms. The van der Waals surface area contributed by atoms with Gasteiger partial charge >= 0.3 is 10.1 Å². The number of hydrogen-bond acceptors (Lipinski definition) is 6. The quantitative estimate of drug-likeness (QED) is 0.669. The highest BCUT2D eigenvalue weighted by atomic mass is 32.3. The number of hydrogen-bond donors (Lipinski definition) is 1. The maximum absolute atomic E-state index is 12.5. The van der Waals surface area contributed by atoms with Crippen LogP contribution in [-0.4, -0.2) is 25.9 Å². The molecule has 0 atom stereocenters. The molecular weight excluding hydrogens is 360 g/mol. The highest BCUT2D eigenvalue weighted by molar-refractivity contribution is 7.89. The Hall–Kier alpha value is -2.45.